The van der Waals surface area contributed by atoms with Crippen molar-refractivity contribution in [1.29, 1.82) is 0 Å². The fourth-order valence-corrected chi connectivity index (χ4v) is 3.69. The third-order valence-electron chi connectivity index (χ3n) is 4.28. The molecule has 0 radical (unpaired) electrons. The smallest absolute Gasteiger partial charge is 0.261 e. The summed E-state index contributed by atoms with van der Waals surface area (Å²) in [6.45, 7) is 3.92. The number of benzene rings is 3. The highest BCUT2D eigenvalue weighted by atomic mass is 32.2. The summed E-state index contributed by atoms with van der Waals surface area (Å²) in [7, 11) is -3.71. The average molecular weight is 380 g/mol. The van der Waals surface area contributed by atoms with Crippen molar-refractivity contribution in [3.63, 3.8) is 0 Å². The van der Waals surface area contributed by atoms with E-state index in [-0.39, 0.29) is 10.8 Å². The molecule has 0 bridgehead atoms. The van der Waals surface area contributed by atoms with Crippen LogP contribution in [0.25, 0.3) is 0 Å². The van der Waals surface area contributed by atoms with Gasteiger partial charge in [-0.1, -0.05) is 36.4 Å². The highest BCUT2D eigenvalue weighted by Crippen LogP contribution is 2.21. The van der Waals surface area contributed by atoms with E-state index in [0.717, 1.165) is 16.8 Å². The van der Waals surface area contributed by atoms with Gasteiger partial charge in [-0.15, -0.1) is 0 Å². The molecular formula is C21H20N2O3S. The molecule has 0 fully saturated rings. The largest absolute Gasteiger partial charge is 0.322 e. The molecule has 0 saturated carbocycles. The highest BCUT2D eigenvalue weighted by Gasteiger charge is 2.15. The minimum atomic E-state index is -3.71. The summed E-state index contributed by atoms with van der Waals surface area (Å²) in [4.78, 5) is 12.7. The van der Waals surface area contributed by atoms with Crippen molar-refractivity contribution in [2.75, 3.05) is 10.0 Å². The van der Waals surface area contributed by atoms with E-state index in [4.69, 9.17) is 0 Å². The first-order valence-corrected chi connectivity index (χ1v) is 9.90. The van der Waals surface area contributed by atoms with Crippen LogP contribution in [-0.2, 0) is 10.0 Å². The van der Waals surface area contributed by atoms with E-state index in [1.165, 1.54) is 18.2 Å². The molecule has 138 valence electrons. The van der Waals surface area contributed by atoms with Gasteiger partial charge in [-0.3, -0.25) is 9.52 Å². The number of sulfonamides is 1. The lowest BCUT2D eigenvalue weighted by Crippen LogP contribution is -2.15. The predicted octanol–water partition coefficient (Wildman–Crippen LogP) is 4.36. The quantitative estimate of drug-likeness (QED) is 0.691. The molecule has 3 aromatic carbocycles. The normalized spacial score (nSPS) is 11.0. The van der Waals surface area contributed by atoms with E-state index >= 15 is 0 Å². The lowest BCUT2D eigenvalue weighted by molar-refractivity contribution is 0.102. The Morgan fingerprint density at radius 1 is 0.852 bits per heavy atom. The van der Waals surface area contributed by atoms with Gasteiger partial charge in [0.15, 0.2) is 0 Å². The number of carbonyl (C=O) groups is 1. The molecule has 0 saturated heterocycles. The predicted molar refractivity (Wildman–Crippen MR) is 108 cm³/mol. The summed E-state index contributed by atoms with van der Waals surface area (Å²) in [6, 6.07) is 20.2. The maximum atomic E-state index is 12.6. The van der Waals surface area contributed by atoms with Crippen LogP contribution >= 0.6 is 0 Å². The number of carbonyl (C=O) groups excluding carboxylic acids is 1. The Morgan fingerprint density at radius 2 is 1.56 bits per heavy atom. The van der Waals surface area contributed by atoms with Crippen molar-refractivity contribution in [1.82, 2.24) is 0 Å². The topological polar surface area (TPSA) is 75.3 Å². The van der Waals surface area contributed by atoms with Crippen LogP contribution in [0.4, 0.5) is 11.4 Å². The van der Waals surface area contributed by atoms with Gasteiger partial charge in [0.1, 0.15) is 0 Å². The van der Waals surface area contributed by atoms with Crippen LogP contribution in [0.15, 0.2) is 77.7 Å². The van der Waals surface area contributed by atoms with Crippen molar-refractivity contribution in [2.45, 2.75) is 18.7 Å². The molecule has 3 rings (SSSR count). The zero-order chi connectivity index (χ0) is 19.4. The van der Waals surface area contributed by atoms with Gasteiger partial charge in [0.2, 0.25) is 0 Å². The van der Waals surface area contributed by atoms with Crippen LogP contribution < -0.4 is 10.0 Å². The second-order valence-electron chi connectivity index (χ2n) is 6.20. The summed E-state index contributed by atoms with van der Waals surface area (Å²) in [5, 5.41) is 2.87. The number of aryl methyl sites for hydroxylation is 1. The molecule has 0 aliphatic heterocycles. The molecule has 0 aliphatic carbocycles. The Bertz CT molecular complexity index is 1080. The van der Waals surface area contributed by atoms with Crippen molar-refractivity contribution in [3.05, 3.63) is 89.5 Å². The third-order valence-corrected chi connectivity index (χ3v) is 5.68. The molecule has 0 spiro atoms. The minimum absolute atomic E-state index is 0.162. The second-order valence-corrected chi connectivity index (χ2v) is 7.88. The van der Waals surface area contributed by atoms with Crippen LogP contribution in [0.3, 0.4) is 0 Å². The molecule has 27 heavy (non-hydrogen) atoms. The fourth-order valence-electron chi connectivity index (χ4n) is 2.62. The monoisotopic (exact) mass is 380 g/mol. The van der Waals surface area contributed by atoms with Crippen LogP contribution in [0.2, 0.25) is 0 Å². The first kappa shape index (κ1) is 18.7. The maximum absolute atomic E-state index is 12.6. The number of hydrogen-bond acceptors (Lipinski definition) is 3. The number of anilines is 2. The van der Waals surface area contributed by atoms with E-state index in [9.17, 15) is 13.2 Å². The molecule has 0 atom stereocenters. The third kappa shape index (κ3) is 4.35. The molecule has 5 nitrogen and oxygen atoms in total. The number of nitrogens with one attached hydrogen (secondary N) is 2. The molecule has 0 aliphatic rings. The van der Waals surface area contributed by atoms with E-state index in [1.54, 1.807) is 36.4 Å². The average Bonchev–Trinajstić information content (AvgIpc) is 2.66. The van der Waals surface area contributed by atoms with Crippen LogP contribution in [0, 0.1) is 13.8 Å². The molecule has 0 unspecified atom stereocenters. The van der Waals surface area contributed by atoms with Gasteiger partial charge in [-0.05, 0) is 61.4 Å². The first-order chi connectivity index (χ1) is 12.9. The summed E-state index contributed by atoms with van der Waals surface area (Å²) >= 11 is 0. The van der Waals surface area contributed by atoms with Gasteiger partial charge in [0, 0.05) is 16.9 Å². The van der Waals surface area contributed by atoms with Gasteiger partial charge >= 0.3 is 0 Å². The Morgan fingerprint density at radius 3 is 2.30 bits per heavy atom. The summed E-state index contributed by atoms with van der Waals surface area (Å²) in [6.07, 6.45) is 0. The highest BCUT2D eigenvalue weighted by molar-refractivity contribution is 7.92. The molecule has 1 amide bonds. The lowest BCUT2D eigenvalue weighted by Gasteiger charge is -2.12. The van der Waals surface area contributed by atoms with Gasteiger partial charge in [0.25, 0.3) is 15.9 Å². The Labute approximate surface area is 159 Å². The van der Waals surface area contributed by atoms with Crippen LogP contribution in [-0.4, -0.2) is 14.3 Å². The second kappa shape index (κ2) is 7.63. The Balaban J connectivity index is 1.81. The molecule has 0 heterocycles. The zero-order valence-corrected chi connectivity index (χ0v) is 15.9. The van der Waals surface area contributed by atoms with Gasteiger partial charge in [0.05, 0.1) is 4.90 Å². The molecular weight excluding hydrogens is 360 g/mol. The Hall–Kier alpha value is -3.12. The van der Waals surface area contributed by atoms with Crippen molar-refractivity contribution < 1.29 is 13.2 Å². The zero-order valence-electron chi connectivity index (χ0n) is 15.1. The molecule has 0 aromatic heterocycles. The fraction of sp³-hybridized carbons (Fsp3) is 0.0952. The van der Waals surface area contributed by atoms with Crippen LogP contribution in [0.1, 0.15) is 21.5 Å². The van der Waals surface area contributed by atoms with E-state index < -0.39 is 10.0 Å². The van der Waals surface area contributed by atoms with E-state index in [2.05, 4.69) is 10.0 Å². The molecule has 2 N–H and O–H groups in total. The SMILES string of the molecule is Cc1cccc(NC(=O)c2cccc(NS(=O)(=O)c3ccccc3)c2)c1C. The van der Waals surface area contributed by atoms with Crippen molar-refractivity contribution in [3.8, 4) is 0 Å². The lowest BCUT2D eigenvalue weighted by atomic mass is 10.1. The van der Waals surface area contributed by atoms with Crippen LogP contribution in [0.5, 0.6) is 0 Å². The summed E-state index contributed by atoms with van der Waals surface area (Å²) < 4.78 is 27.4. The Kier molecular flexibility index (Phi) is 5.28. The van der Waals surface area contributed by atoms with Gasteiger partial charge in [-0.2, -0.15) is 0 Å². The number of hydrogen-bond donors (Lipinski definition) is 2. The van der Waals surface area contributed by atoms with Gasteiger partial charge < -0.3 is 5.32 Å². The van der Waals surface area contributed by atoms with E-state index in [1.807, 2.05) is 32.0 Å². The van der Waals surface area contributed by atoms with Gasteiger partial charge in [-0.25, -0.2) is 8.42 Å². The first-order valence-electron chi connectivity index (χ1n) is 8.42. The summed E-state index contributed by atoms with van der Waals surface area (Å²) in [5.74, 6) is -0.301. The molecule has 6 heteroatoms. The molecule has 3 aromatic rings. The number of amides is 1. The van der Waals surface area contributed by atoms with Crippen molar-refractivity contribution >= 4 is 27.3 Å². The minimum Gasteiger partial charge on any atom is -0.322 e. The van der Waals surface area contributed by atoms with Crippen molar-refractivity contribution in [2.24, 2.45) is 0 Å². The summed E-state index contributed by atoms with van der Waals surface area (Å²) in [5.41, 5.74) is 3.50. The number of rotatable bonds is 5. The standard InChI is InChI=1S/C21H20N2O3S/c1-15-8-6-13-20(16(15)2)22-21(24)17-9-7-10-18(14-17)23-27(25,26)19-11-4-3-5-12-19/h3-14,23H,1-2H3,(H,22,24). The maximum Gasteiger partial charge on any atom is 0.261 e. The van der Waals surface area contributed by atoms with E-state index in [0.29, 0.717) is 11.3 Å².